The maximum atomic E-state index is 12.4. The molecule has 0 spiro atoms. The van der Waals surface area contributed by atoms with E-state index in [1.165, 1.54) is 24.0 Å². The minimum absolute atomic E-state index is 0.0934. The summed E-state index contributed by atoms with van der Waals surface area (Å²) in [7, 11) is 1.60. The molecule has 0 saturated heterocycles. The second kappa shape index (κ2) is 6.16. The van der Waals surface area contributed by atoms with Gasteiger partial charge in [-0.1, -0.05) is 6.07 Å². The normalized spacial score (nSPS) is 28.2. The summed E-state index contributed by atoms with van der Waals surface area (Å²) in [6.07, 6.45) is 5.39. The number of aliphatic hydroxyl groups excluding tert-OH is 1. The van der Waals surface area contributed by atoms with E-state index >= 15 is 0 Å². The van der Waals surface area contributed by atoms with E-state index < -0.39 is 6.10 Å². The number of hydrogen-bond donors (Lipinski definition) is 2. The molecule has 0 bridgehead atoms. The van der Waals surface area contributed by atoms with Crippen molar-refractivity contribution in [1.82, 2.24) is 5.32 Å². The van der Waals surface area contributed by atoms with Crippen molar-refractivity contribution in [3.63, 3.8) is 0 Å². The summed E-state index contributed by atoms with van der Waals surface area (Å²) in [6.45, 7) is 0. The third-order valence-corrected chi connectivity index (χ3v) is 4.79. The van der Waals surface area contributed by atoms with Crippen LogP contribution in [0, 0.1) is 0 Å². The van der Waals surface area contributed by atoms with Crippen LogP contribution >= 0.6 is 0 Å². The van der Waals surface area contributed by atoms with Gasteiger partial charge in [0.1, 0.15) is 6.10 Å². The van der Waals surface area contributed by atoms with Crippen molar-refractivity contribution in [2.75, 3.05) is 7.11 Å². The Morgan fingerprint density at radius 1 is 1.24 bits per heavy atom. The van der Waals surface area contributed by atoms with Gasteiger partial charge in [-0.25, -0.2) is 0 Å². The van der Waals surface area contributed by atoms with E-state index in [0.29, 0.717) is 5.56 Å². The summed E-state index contributed by atoms with van der Waals surface area (Å²) >= 11 is 0. The van der Waals surface area contributed by atoms with Crippen LogP contribution in [0.5, 0.6) is 0 Å². The Kier molecular flexibility index (Phi) is 4.27. The van der Waals surface area contributed by atoms with Crippen LogP contribution in [0.1, 0.15) is 47.2 Å². The Hall–Kier alpha value is -1.39. The molecule has 2 N–H and O–H groups in total. The zero-order chi connectivity index (χ0) is 14.8. The monoisotopic (exact) mass is 289 g/mol. The molecule has 114 valence electrons. The molecule has 4 heteroatoms. The second-order valence-electron chi connectivity index (χ2n) is 6.11. The van der Waals surface area contributed by atoms with Gasteiger partial charge < -0.3 is 15.2 Å². The summed E-state index contributed by atoms with van der Waals surface area (Å²) in [4.78, 5) is 12.4. The zero-order valence-corrected chi connectivity index (χ0v) is 12.5. The summed E-state index contributed by atoms with van der Waals surface area (Å²) in [5.74, 6) is -0.0934. The molecule has 2 aliphatic carbocycles. The Morgan fingerprint density at radius 3 is 2.71 bits per heavy atom. The predicted octanol–water partition coefficient (Wildman–Crippen LogP) is 1.83. The van der Waals surface area contributed by atoms with Gasteiger partial charge in [-0.2, -0.15) is 0 Å². The smallest absolute Gasteiger partial charge is 0.251 e. The van der Waals surface area contributed by atoms with Crippen molar-refractivity contribution in [2.24, 2.45) is 0 Å². The average Bonchev–Trinajstić information content (AvgIpc) is 2.87. The first-order valence-corrected chi connectivity index (χ1v) is 7.82. The minimum Gasteiger partial charge on any atom is -0.388 e. The summed E-state index contributed by atoms with van der Waals surface area (Å²) < 4.78 is 5.21. The van der Waals surface area contributed by atoms with Gasteiger partial charge in [-0.15, -0.1) is 0 Å². The summed E-state index contributed by atoms with van der Waals surface area (Å²) in [5.41, 5.74) is 3.37. The van der Waals surface area contributed by atoms with E-state index in [1.54, 1.807) is 7.11 Å². The van der Waals surface area contributed by atoms with Crippen LogP contribution in [-0.4, -0.2) is 36.4 Å². The SMILES string of the molecule is CO[C@@H]1CC[C@@H](NC(=O)c2ccc3c(c2)CCCC3)[C@H]1O. The number of carbonyl (C=O) groups is 1. The number of fused-ring (bicyclic) bond motifs is 1. The lowest BCUT2D eigenvalue weighted by molar-refractivity contribution is 0.000207. The quantitative estimate of drug-likeness (QED) is 0.892. The number of rotatable bonds is 3. The average molecular weight is 289 g/mol. The van der Waals surface area contributed by atoms with Gasteiger partial charge in [0.05, 0.1) is 12.1 Å². The Labute approximate surface area is 125 Å². The van der Waals surface area contributed by atoms with Gasteiger partial charge in [-0.05, 0) is 61.8 Å². The van der Waals surface area contributed by atoms with Crippen LogP contribution in [0.4, 0.5) is 0 Å². The first-order valence-electron chi connectivity index (χ1n) is 7.82. The lowest BCUT2D eigenvalue weighted by atomic mass is 9.90. The first kappa shape index (κ1) is 14.5. The number of nitrogens with one attached hydrogen (secondary N) is 1. The number of carbonyl (C=O) groups excluding carboxylic acids is 1. The Balaban J connectivity index is 1.68. The number of aliphatic hydroxyl groups is 1. The molecule has 1 amide bonds. The molecule has 0 aliphatic heterocycles. The van der Waals surface area contributed by atoms with E-state index in [9.17, 15) is 9.90 Å². The number of methoxy groups -OCH3 is 1. The minimum atomic E-state index is -0.614. The Bertz CT molecular complexity index is 529. The van der Waals surface area contributed by atoms with E-state index in [4.69, 9.17) is 4.74 Å². The largest absolute Gasteiger partial charge is 0.388 e. The maximum absolute atomic E-state index is 12.4. The number of aryl methyl sites for hydroxylation is 2. The molecular formula is C17H23NO3. The third-order valence-electron chi connectivity index (χ3n) is 4.79. The van der Waals surface area contributed by atoms with Crippen molar-refractivity contribution in [3.8, 4) is 0 Å². The van der Waals surface area contributed by atoms with E-state index in [-0.39, 0.29) is 18.1 Å². The van der Waals surface area contributed by atoms with Gasteiger partial charge in [0.15, 0.2) is 0 Å². The molecule has 1 aromatic carbocycles. The number of amides is 1. The van der Waals surface area contributed by atoms with Gasteiger partial charge in [0.25, 0.3) is 5.91 Å². The van der Waals surface area contributed by atoms with Crippen molar-refractivity contribution < 1.29 is 14.6 Å². The molecule has 4 nitrogen and oxygen atoms in total. The van der Waals surface area contributed by atoms with Gasteiger partial charge in [0, 0.05) is 12.7 Å². The first-order chi connectivity index (χ1) is 10.2. The highest BCUT2D eigenvalue weighted by Crippen LogP contribution is 2.24. The Morgan fingerprint density at radius 2 is 2.00 bits per heavy atom. The van der Waals surface area contributed by atoms with Crippen molar-refractivity contribution in [1.29, 1.82) is 0 Å². The van der Waals surface area contributed by atoms with Crippen molar-refractivity contribution in [2.45, 2.75) is 56.8 Å². The molecule has 1 saturated carbocycles. The second-order valence-corrected chi connectivity index (χ2v) is 6.11. The molecule has 0 heterocycles. The van der Waals surface area contributed by atoms with Crippen LogP contribution in [0.2, 0.25) is 0 Å². The zero-order valence-electron chi connectivity index (χ0n) is 12.5. The molecule has 0 radical (unpaired) electrons. The highest BCUT2D eigenvalue weighted by atomic mass is 16.5. The van der Waals surface area contributed by atoms with Crippen LogP contribution in [0.3, 0.4) is 0 Å². The molecule has 21 heavy (non-hydrogen) atoms. The molecule has 0 unspecified atom stereocenters. The molecule has 3 rings (SSSR count). The van der Waals surface area contributed by atoms with Gasteiger partial charge in [-0.3, -0.25) is 4.79 Å². The highest BCUT2D eigenvalue weighted by molar-refractivity contribution is 5.94. The molecule has 1 aromatic rings. The number of hydrogen-bond acceptors (Lipinski definition) is 3. The highest BCUT2D eigenvalue weighted by Gasteiger charge is 2.35. The fraction of sp³-hybridized carbons (Fsp3) is 0.588. The maximum Gasteiger partial charge on any atom is 0.251 e. The third kappa shape index (κ3) is 2.97. The molecule has 3 atom stereocenters. The predicted molar refractivity (Wildman–Crippen MR) is 80.4 cm³/mol. The standard InChI is InChI=1S/C17H23NO3/c1-21-15-9-8-14(16(15)19)18-17(20)13-7-6-11-4-2-3-5-12(11)10-13/h6-7,10,14-16,19H,2-5,8-9H2,1H3,(H,18,20)/t14-,15-,16-/m1/s1. The lowest BCUT2D eigenvalue weighted by Gasteiger charge is -2.21. The van der Waals surface area contributed by atoms with E-state index in [0.717, 1.165) is 25.7 Å². The topological polar surface area (TPSA) is 58.6 Å². The molecule has 0 aromatic heterocycles. The van der Waals surface area contributed by atoms with Crippen molar-refractivity contribution in [3.05, 3.63) is 34.9 Å². The summed E-state index contributed by atoms with van der Waals surface area (Å²) in [5, 5.41) is 13.0. The number of benzene rings is 1. The van der Waals surface area contributed by atoms with Crippen molar-refractivity contribution >= 4 is 5.91 Å². The van der Waals surface area contributed by atoms with Crippen LogP contribution in [-0.2, 0) is 17.6 Å². The van der Waals surface area contributed by atoms with E-state index in [1.807, 2.05) is 12.1 Å². The summed E-state index contributed by atoms with van der Waals surface area (Å²) in [6, 6.07) is 5.78. The molecule has 2 aliphatic rings. The van der Waals surface area contributed by atoms with Crippen LogP contribution < -0.4 is 5.32 Å². The van der Waals surface area contributed by atoms with E-state index in [2.05, 4.69) is 11.4 Å². The van der Waals surface area contributed by atoms with Crippen LogP contribution in [0.15, 0.2) is 18.2 Å². The van der Waals surface area contributed by atoms with Gasteiger partial charge >= 0.3 is 0 Å². The fourth-order valence-electron chi connectivity index (χ4n) is 3.49. The number of ether oxygens (including phenoxy) is 1. The van der Waals surface area contributed by atoms with Crippen LogP contribution in [0.25, 0.3) is 0 Å². The lowest BCUT2D eigenvalue weighted by Crippen LogP contribution is -2.43. The molecule has 1 fully saturated rings. The molecular weight excluding hydrogens is 266 g/mol. The van der Waals surface area contributed by atoms with Gasteiger partial charge in [0.2, 0.25) is 0 Å². The fourth-order valence-corrected chi connectivity index (χ4v) is 3.49.